The molecule has 0 radical (unpaired) electrons. The number of halogens is 3. The van der Waals surface area contributed by atoms with Crippen LogP contribution in [0.15, 0.2) is 6.20 Å². The van der Waals surface area contributed by atoms with Gasteiger partial charge in [0.1, 0.15) is 16.5 Å². The second-order valence-electron chi connectivity index (χ2n) is 4.22. The molecule has 0 saturated heterocycles. The molecule has 1 atom stereocenters. The highest BCUT2D eigenvalue weighted by Crippen LogP contribution is 2.43. The number of carbonyl (C=O) groups is 1. The summed E-state index contributed by atoms with van der Waals surface area (Å²) in [7, 11) is 1.21. The molecule has 0 N–H and O–H groups in total. The van der Waals surface area contributed by atoms with Gasteiger partial charge in [-0.05, 0) is 6.42 Å². The quantitative estimate of drug-likeness (QED) is 0.616. The summed E-state index contributed by atoms with van der Waals surface area (Å²) in [6, 6.07) is 0. The lowest BCUT2D eigenvalue weighted by Crippen LogP contribution is -2.11. The van der Waals surface area contributed by atoms with Crippen molar-refractivity contribution in [1.29, 1.82) is 0 Å². The Morgan fingerprint density at radius 3 is 2.83 bits per heavy atom. The molecule has 0 bridgehead atoms. The molecule has 4 nitrogen and oxygen atoms in total. The normalized spacial score (nSPS) is 21.9. The third-order valence-corrected chi connectivity index (χ3v) is 3.22. The fourth-order valence-electron chi connectivity index (χ4n) is 1.99. The molecule has 1 aromatic rings. The van der Waals surface area contributed by atoms with E-state index in [4.69, 9.17) is 11.6 Å². The molecule has 0 aromatic carbocycles. The van der Waals surface area contributed by atoms with Crippen LogP contribution in [-0.2, 0) is 4.74 Å². The summed E-state index contributed by atoms with van der Waals surface area (Å²) in [6.45, 7) is 0. The summed E-state index contributed by atoms with van der Waals surface area (Å²) in [5.74, 6) is -3.47. The number of hydrogen-bond acceptors (Lipinski definition) is 4. The van der Waals surface area contributed by atoms with Gasteiger partial charge in [0.05, 0.1) is 7.11 Å². The number of rotatable bonds is 2. The van der Waals surface area contributed by atoms with Gasteiger partial charge in [-0.2, -0.15) is 0 Å². The molecule has 0 spiro atoms. The van der Waals surface area contributed by atoms with E-state index in [9.17, 15) is 13.6 Å². The second kappa shape index (κ2) is 4.76. The van der Waals surface area contributed by atoms with Gasteiger partial charge in [-0.15, -0.1) is 0 Å². The Hall–Kier alpha value is -1.30. The first kappa shape index (κ1) is 13.1. The van der Waals surface area contributed by atoms with Gasteiger partial charge in [0.2, 0.25) is 5.92 Å². The van der Waals surface area contributed by atoms with Crippen molar-refractivity contribution in [3.8, 4) is 0 Å². The van der Waals surface area contributed by atoms with Crippen LogP contribution in [0, 0.1) is 0 Å². The van der Waals surface area contributed by atoms with Gasteiger partial charge in [-0.3, -0.25) is 0 Å². The Kier molecular flexibility index (Phi) is 3.47. The molecule has 18 heavy (non-hydrogen) atoms. The molecule has 1 unspecified atom stereocenters. The zero-order chi connectivity index (χ0) is 13.3. The van der Waals surface area contributed by atoms with E-state index in [1.54, 1.807) is 0 Å². The molecule has 1 saturated carbocycles. The van der Waals surface area contributed by atoms with Crippen molar-refractivity contribution in [3.05, 3.63) is 22.7 Å². The molecule has 1 aliphatic carbocycles. The van der Waals surface area contributed by atoms with Crippen LogP contribution in [-0.4, -0.2) is 29.0 Å². The Balaban J connectivity index is 2.22. The highest BCUT2D eigenvalue weighted by atomic mass is 35.5. The minimum atomic E-state index is -2.67. The summed E-state index contributed by atoms with van der Waals surface area (Å²) in [4.78, 5) is 19.1. The molecular weight excluding hydrogens is 266 g/mol. The van der Waals surface area contributed by atoms with Gasteiger partial charge < -0.3 is 4.74 Å². The maximum absolute atomic E-state index is 13.1. The summed E-state index contributed by atoms with van der Waals surface area (Å²) < 4.78 is 30.7. The van der Waals surface area contributed by atoms with Gasteiger partial charge in [-0.1, -0.05) is 11.6 Å². The molecule has 98 valence electrons. The predicted octanol–water partition coefficient (Wildman–Crippen LogP) is 2.82. The average molecular weight is 277 g/mol. The molecule has 7 heteroatoms. The molecule has 1 aromatic heterocycles. The second-order valence-corrected chi connectivity index (χ2v) is 4.58. The summed E-state index contributed by atoms with van der Waals surface area (Å²) >= 11 is 5.81. The zero-order valence-electron chi connectivity index (χ0n) is 9.62. The van der Waals surface area contributed by atoms with Gasteiger partial charge in [-0.25, -0.2) is 23.5 Å². The van der Waals surface area contributed by atoms with E-state index in [-0.39, 0.29) is 29.4 Å². The minimum absolute atomic E-state index is 0.0349. The Labute approximate surface area is 107 Å². The number of alkyl halides is 2. The minimum Gasteiger partial charge on any atom is -0.465 e. The van der Waals surface area contributed by atoms with Crippen LogP contribution in [0.25, 0.3) is 0 Å². The summed E-state index contributed by atoms with van der Waals surface area (Å²) in [6.07, 6.45) is 1.09. The standard InChI is InChI=1S/C11H11ClF2N2O2/c1-18-10(17)7-5-15-9(16-8(7)12)6-2-3-11(13,14)4-6/h5-6H,2-4H2,1H3. The Morgan fingerprint density at radius 1 is 1.61 bits per heavy atom. The van der Waals surface area contributed by atoms with Crippen LogP contribution < -0.4 is 0 Å². The fraction of sp³-hybridized carbons (Fsp3) is 0.545. The first-order valence-corrected chi connectivity index (χ1v) is 5.79. The van der Waals surface area contributed by atoms with Crippen LogP contribution >= 0.6 is 11.6 Å². The van der Waals surface area contributed by atoms with E-state index < -0.39 is 17.8 Å². The summed E-state index contributed by atoms with van der Waals surface area (Å²) in [5.41, 5.74) is 0.0349. The van der Waals surface area contributed by atoms with E-state index in [0.29, 0.717) is 6.42 Å². The lowest BCUT2D eigenvalue weighted by atomic mass is 10.1. The number of ether oxygens (including phenoxy) is 1. The number of nitrogens with zero attached hydrogens (tertiary/aromatic N) is 2. The third-order valence-electron chi connectivity index (χ3n) is 2.93. The lowest BCUT2D eigenvalue weighted by Gasteiger charge is -2.10. The maximum Gasteiger partial charge on any atom is 0.342 e. The molecule has 0 aliphatic heterocycles. The van der Waals surface area contributed by atoms with Crippen molar-refractivity contribution < 1.29 is 18.3 Å². The molecule has 2 rings (SSSR count). The Bertz CT molecular complexity index is 482. The van der Waals surface area contributed by atoms with Crippen molar-refractivity contribution in [3.63, 3.8) is 0 Å². The van der Waals surface area contributed by atoms with Crippen molar-refractivity contribution >= 4 is 17.6 Å². The highest BCUT2D eigenvalue weighted by molar-refractivity contribution is 6.32. The van der Waals surface area contributed by atoms with Gasteiger partial charge in [0, 0.05) is 25.0 Å². The van der Waals surface area contributed by atoms with Crippen molar-refractivity contribution in [2.24, 2.45) is 0 Å². The van der Waals surface area contributed by atoms with Crippen LogP contribution in [0.4, 0.5) is 8.78 Å². The molecular formula is C11H11ClF2N2O2. The average Bonchev–Trinajstić information content (AvgIpc) is 2.68. The number of esters is 1. The van der Waals surface area contributed by atoms with E-state index in [1.165, 1.54) is 13.3 Å². The smallest absolute Gasteiger partial charge is 0.342 e. The van der Waals surface area contributed by atoms with Crippen LogP contribution in [0.1, 0.15) is 41.4 Å². The van der Waals surface area contributed by atoms with Crippen molar-refractivity contribution in [2.45, 2.75) is 31.1 Å². The summed E-state index contributed by atoms with van der Waals surface area (Å²) in [5, 5.41) is -0.0675. The molecule has 1 fully saturated rings. The number of methoxy groups -OCH3 is 1. The molecule has 0 amide bonds. The van der Waals surface area contributed by atoms with Gasteiger partial charge >= 0.3 is 5.97 Å². The zero-order valence-corrected chi connectivity index (χ0v) is 10.4. The van der Waals surface area contributed by atoms with E-state index >= 15 is 0 Å². The Morgan fingerprint density at radius 2 is 2.33 bits per heavy atom. The number of aromatic nitrogens is 2. The molecule has 1 aliphatic rings. The van der Waals surface area contributed by atoms with Crippen molar-refractivity contribution in [2.75, 3.05) is 7.11 Å². The van der Waals surface area contributed by atoms with Crippen LogP contribution in [0.5, 0.6) is 0 Å². The van der Waals surface area contributed by atoms with E-state index in [0.717, 1.165) is 0 Å². The van der Waals surface area contributed by atoms with Gasteiger partial charge in [0.15, 0.2) is 0 Å². The fourth-order valence-corrected chi connectivity index (χ4v) is 2.20. The van der Waals surface area contributed by atoms with Gasteiger partial charge in [0.25, 0.3) is 0 Å². The topological polar surface area (TPSA) is 52.1 Å². The third kappa shape index (κ3) is 2.58. The molecule has 1 heterocycles. The number of carbonyl (C=O) groups excluding carboxylic acids is 1. The first-order valence-electron chi connectivity index (χ1n) is 5.41. The lowest BCUT2D eigenvalue weighted by molar-refractivity contribution is 0.00751. The van der Waals surface area contributed by atoms with E-state index in [2.05, 4.69) is 14.7 Å². The highest BCUT2D eigenvalue weighted by Gasteiger charge is 2.41. The van der Waals surface area contributed by atoms with Crippen LogP contribution in [0.3, 0.4) is 0 Å². The predicted molar refractivity (Wildman–Crippen MR) is 59.9 cm³/mol. The maximum atomic E-state index is 13.1. The largest absolute Gasteiger partial charge is 0.465 e. The monoisotopic (exact) mass is 276 g/mol. The van der Waals surface area contributed by atoms with E-state index in [1.807, 2.05) is 0 Å². The van der Waals surface area contributed by atoms with Crippen molar-refractivity contribution in [1.82, 2.24) is 9.97 Å². The first-order chi connectivity index (χ1) is 8.43. The SMILES string of the molecule is COC(=O)c1cnc(C2CCC(F)(F)C2)nc1Cl. The number of hydrogen-bond donors (Lipinski definition) is 0. The van der Waals surface area contributed by atoms with Crippen LogP contribution in [0.2, 0.25) is 5.15 Å².